The van der Waals surface area contributed by atoms with Gasteiger partial charge >= 0.3 is 0 Å². The molecule has 0 fully saturated rings. The van der Waals surface area contributed by atoms with Crippen LogP contribution in [0.15, 0.2) is 22.1 Å². The first kappa shape index (κ1) is 19.9. The minimum atomic E-state index is -3.67. The first-order chi connectivity index (χ1) is 11.4. The molecular weight excluding hydrogens is 334 g/mol. The van der Waals surface area contributed by atoms with Crippen molar-refractivity contribution in [1.82, 2.24) is 10.0 Å². The number of nitrogens with zero attached hydrogens (tertiary/aromatic N) is 2. The third-order valence-corrected chi connectivity index (χ3v) is 3.71. The summed E-state index contributed by atoms with van der Waals surface area (Å²) in [5.74, 6) is 1.66. The maximum atomic E-state index is 10.8. The number of amidine groups is 1. The Kier molecular flexibility index (Phi) is 7.62. The van der Waals surface area contributed by atoms with Crippen molar-refractivity contribution in [3.63, 3.8) is 0 Å². The molecule has 0 amide bonds. The molecule has 0 bridgehead atoms. The molecule has 0 saturated heterocycles. The Morgan fingerprint density at radius 2 is 1.88 bits per heavy atom. The van der Waals surface area contributed by atoms with E-state index in [2.05, 4.69) is 26.7 Å². The molecule has 0 saturated carbocycles. The summed E-state index contributed by atoms with van der Waals surface area (Å²) in [6.07, 6.45) is 0.527. The number of rotatable bonds is 9. The van der Waals surface area contributed by atoms with Gasteiger partial charge in [-0.15, -0.1) is 0 Å². The molecule has 0 aliphatic carbocycles. The molecule has 0 aromatic heterocycles. The number of ether oxygens (including phenoxy) is 2. The maximum absolute atomic E-state index is 10.8. The van der Waals surface area contributed by atoms with E-state index in [0.29, 0.717) is 41.6 Å². The van der Waals surface area contributed by atoms with Crippen molar-refractivity contribution in [2.24, 2.45) is 15.1 Å². The molecule has 4 N–H and O–H groups in total. The summed E-state index contributed by atoms with van der Waals surface area (Å²) in [6.45, 7) is 4.27. The van der Waals surface area contributed by atoms with Crippen LogP contribution >= 0.6 is 0 Å². The summed E-state index contributed by atoms with van der Waals surface area (Å²) in [5.41, 5.74) is 1.29. The SMILES string of the molecule is C=Nc1cc(OC)c(OC)cc1C(=NC)NCCCNS(N)(=O)=O. The zero-order valence-corrected chi connectivity index (χ0v) is 14.8. The molecule has 0 radical (unpaired) electrons. The lowest BCUT2D eigenvalue weighted by Gasteiger charge is -2.15. The van der Waals surface area contributed by atoms with Crippen molar-refractivity contribution >= 4 is 28.4 Å². The van der Waals surface area contributed by atoms with Gasteiger partial charge in [-0.05, 0) is 19.2 Å². The average Bonchev–Trinajstić information content (AvgIpc) is 2.56. The molecule has 0 atom stereocenters. The van der Waals surface area contributed by atoms with E-state index in [1.54, 1.807) is 19.2 Å². The van der Waals surface area contributed by atoms with Crippen LogP contribution in [0.4, 0.5) is 5.69 Å². The molecule has 1 rings (SSSR count). The summed E-state index contributed by atoms with van der Waals surface area (Å²) >= 11 is 0. The van der Waals surface area contributed by atoms with Gasteiger partial charge in [0.1, 0.15) is 5.84 Å². The molecule has 9 nitrogen and oxygen atoms in total. The van der Waals surface area contributed by atoms with Gasteiger partial charge in [-0.25, -0.2) is 9.86 Å². The zero-order chi connectivity index (χ0) is 18.2. The fourth-order valence-corrected chi connectivity index (χ4v) is 2.42. The van der Waals surface area contributed by atoms with E-state index in [1.165, 1.54) is 14.2 Å². The van der Waals surface area contributed by atoms with Gasteiger partial charge in [0, 0.05) is 31.8 Å². The van der Waals surface area contributed by atoms with Crippen LogP contribution in [0.1, 0.15) is 12.0 Å². The average molecular weight is 357 g/mol. The first-order valence-electron chi connectivity index (χ1n) is 7.07. The Labute approximate surface area is 142 Å². The molecule has 0 spiro atoms. The van der Waals surface area contributed by atoms with Crippen LogP contribution in [0.2, 0.25) is 0 Å². The maximum Gasteiger partial charge on any atom is 0.274 e. The molecular formula is C14H23N5O4S. The molecule has 0 heterocycles. The van der Waals surface area contributed by atoms with Crippen molar-refractivity contribution in [1.29, 1.82) is 0 Å². The molecule has 134 valence electrons. The van der Waals surface area contributed by atoms with Gasteiger partial charge < -0.3 is 14.8 Å². The van der Waals surface area contributed by atoms with Crippen LogP contribution in [-0.2, 0) is 10.2 Å². The first-order valence-corrected chi connectivity index (χ1v) is 8.62. The van der Waals surface area contributed by atoms with Crippen molar-refractivity contribution in [2.45, 2.75) is 6.42 Å². The van der Waals surface area contributed by atoms with Gasteiger partial charge in [-0.2, -0.15) is 8.42 Å². The van der Waals surface area contributed by atoms with Gasteiger partial charge in [0.15, 0.2) is 11.5 Å². The van der Waals surface area contributed by atoms with Crippen molar-refractivity contribution < 1.29 is 17.9 Å². The molecule has 0 unspecified atom stereocenters. The van der Waals surface area contributed by atoms with Crippen LogP contribution < -0.4 is 24.7 Å². The number of hydrogen-bond donors (Lipinski definition) is 3. The quantitative estimate of drug-likeness (QED) is 0.330. The summed E-state index contributed by atoms with van der Waals surface area (Å²) in [6, 6.07) is 3.46. The highest BCUT2D eigenvalue weighted by molar-refractivity contribution is 7.87. The van der Waals surface area contributed by atoms with Gasteiger partial charge in [-0.3, -0.25) is 9.98 Å². The third-order valence-electron chi connectivity index (χ3n) is 3.10. The van der Waals surface area contributed by atoms with Gasteiger partial charge in [0.25, 0.3) is 10.2 Å². The summed E-state index contributed by atoms with van der Waals surface area (Å²) in [5, 5.41) is 7.99. The number of aliphatic imine (C=N–C) groups is 2. The molecule has 0 aliphatic rings. The molecule has 1 aromatic rings. The smallest absolute Gasteiger partial charge is 0.274 e. The third kappa shape index (κ3) is 5.80. The van der Waals surface area contributed by atoms with Crippen molar-refractivity contribution in [3.05, 3.63) is 17.7 Å². The second-order valence-electron chi connectivity index (χ2n) is 4.67. The Hall–Kier alpha value is -2.17. The lowest BCUT2D eigenvalue weighted by molar-refractivity contribution is 0.355. The molecule has 0 aliphatic heterocycles. The van der Waals surface area contributed by atoms with Crippen molar-refractivity contribution in [3.8, 4) is 11.5 Å². The van der Waals surface area contributed by atoms with E-state index in [-0.39, 0.29) is 6.54 Å². The lowest BCUT2D eigenvalue weighted by Crippen LogP contribution is -2.34. The topological polar surface area (TPSA) is 127 Å². The lowest BCUT2D eigenvalue weighted by atomic mass is 10.1. The van der Waals surface area contributed by atoms with E-state index >= 15 is 0 Å². The fraction of sp³-hybridized carbons (Fsp3) is 0.429. The van der Waals surface area contributed by atoms with Crippen LogP contribution in [0.5, 0.6) is 11.5 Å². The predicted molar refractivity (Wildman–Crippen MR) is 94.9 cm³/mol. The van der Waals surface area contributed by atoms with Gasteiger partial charge in [0.2, 0.25) is 0 Å². The monoisotopic (exact) mass is 357 g/mol. The van der Waals surface area contributed by atoms with Crippen molar-refractivity contribution in [2.75, 3.05) is 34.4 Å². The number of nitrogens with two attached hydrogens (primary N) is 1. The zero-order valence-electron chi connectivity index (χ0n) is 14.0. The Bertz CT molecular complexity index is 703. The van der Waals surface area contributed by atoms with E-state index in [1.807, 2.05) is 0 Å². The summed E-state index contributed by atoms with van der Waals surface area (Å²) in [4.78, 5) is 8.19. The highest BCUT2D eigenvalue weighted by atomic mass is 32.2. The fourth-order valence-electron chi connectivity index (χ4n) is 1.99. The van der Waals surface area contributed by atoms with E-state index < -0.39 is 10.2 Å². The van der Waals surface area contributed by atoms with Crippen LogP contribution in [0.25, 0.3) is 0 Å². The highest BCUT2D eigenvalue weighted by Gasteiger charge is 2.14. The Balaban J connectivity index is 2.86. The van der Waals surface area contributed by atoms with Gasteiger partial charge in [0.05, 0.1) is 19.9 Å². The minimum Gasteiger partial charge on any atom is -0.493 e. The number of benzene rings is 1. The van der Waals surface area contributed by atoms with Crippen LogP contribution in [-0.4, -0.2) is 55.3 Å². The Morgan fingerprint density at radius 1 is 1.25 bits per heavy atom. The molecule has 10 heteroatoms. The normalized spacial score (nSPS) is 11.9. The second-order valence-corrected chi connectivity index (χ2v) is 6.05. The number of nitrogens with one attached hydrogen (secondary N) is 2. The summed E-state index contributed by atoms with van der Waals surface area (Å²) in [7, 11) is 1.04. The summed E-state index contributed by atoms with van der Waals surface area (Å²) < 4.78 is 34.3. The van der Waals surface area contributed by atoms with E-state index in [4.69, 9.17) is 14.6 Å². The van der Waals surface area contributed by atoms with E-state index in [0.717, 1.165) is 0 Å². The van der Waals surface area contributed by atoms with E-state index in [9.17, 15) is 8.42 Å². The minimum absolute atomic E-state index is 0.224. The Morgan fingerprint density at radius 3 is 2.38 bits per heavy atom. The second kappa shape index (κ2) is 9.21. The van der Waals surface area contributed by atoms with Crippen LogP contribution in [0.3, 0.4) is 0 Å². The number of methoxy groups -OCH3 is 2. The van der Waals surface area contributed by atoms with Crippen LogP contribution in [0, 0.1) is 0 Å². The molecule has 1 aromatic carbocycles. The molecule has 24 heavy (non-hydrogen) atoms. The number of hydrogen-bond acceptors (Lipinski definition) is 6. The predicted octanol–water partition coefficient (Wildman–Crippen LogP) is 0.185. The van der Waals surface area contributed by atoms with Gasteiger partial charge in [-0.1, -0.05) is 0 Å². The highest BCUT2D eigenvalue weighted by Crippen LogP contribution is 2.34. The standard InChI is InChI=1S/C14H23N5O4S/c1-16-11-9-13(23-4)12(22-3)8-10(11)14(17-2)18-6-5-7-19-24(15,20)21/h8-9,19H,1,5-7H2,2-4H3,(H,17,18)(H2,15,20,21). The largest absolute Gasteiger partial charge is 0.493 e.